The molecule has 92 valence electrons. The minimum Gasteiger partial charge on any atom is -0.282 e. The van der Waals surface area contributed by atoms with Crippen LogP contribution in [0.15, 0.2) is 0 Å². The molecular formula is C14H26N2. The molecule has 0 aliphatic carbocycles. The number of hydrogen-bond donors (Lipinski definition) is 1. The van der Waals surface area contributed by atoms with Crippen molar-refractivity contribution in [2.24, 2.45) is 0 Å². The highest BCUT2D eigenvalue weighted by atomic mass is 15.1. The van der Waals surface area contributed by atoms with E-state index < -0.39 is 0 Å². The van der Waals surface area contributed by atoms with E-state index in [1.165, 1.54) is 68.3 Å². The van der Waals surface area contributed by atoms with E-state index >= 15 is 0 Å². The highest BCUT2D eigenvalue weighted by molar-refractivity contribution is 5.22. The zero-order valence-corrected chi connectivity index (χ0v) is 11.1. The standard InChI is InChI=1S/C14H26N2/c1-4-5-6-7-8-9-10-11-14-12(2)15-16-13(14)3/h4-11H2,1-3H3,(H,15,16). The third-order valence-corrected chi connectivity index (χ3v) is 3.31. The second-order valence-corrected chi connectivity index (χ2v) is 4.78. The quantitative estimate of drug-likeness (QED) is 0.652. The molecule has 0 radical (unpaired) electrons. The first-order valence-electron chi connectivity index (χ1n) is 6.76. The van der Waals surface area contributed by atoms with Gasteiger partial charge in [-0.1, -0.05) is 45.4 Å². The maximum Gasteiger partial charge on any atom is 0.0625 e. The van der Waals surface area contributed by atoms with Crippen molar-refractivity contribution in [3.63, 3.8) is 0 Å². The fraction of sp³-hybridized carbons (Fsp3) is 0.786. The van der Waals surface area contributed by atoms with E-state index in [2.05, 4.69) is 31.0 Å². The van der Waals surface area contributed by atoms with Crippen molar-refractivity contribution in [1.82, 2.24) is 10.2 Å². The summed E-state index contributed by atoms with van der Waals surface area (Å²) >= 11 is 0. The molecule has 1 aromatic heterocycles. The lowest BCUT2D eigenvalue weighted by Gasteiger charge is -2.02. The van der Waals surface area contributed by atoms with Crippen molar-refractivity contribution in [3.05, 3.63) is 17.0 Å². The number of nitrogens with one attached hydrogen (secondary N) is 1. The van der Waals surface area contributed by atoms with Gasteiger partial charge >= 0.3 is 0 Å². The van der Waals surface area contributed by atoms with Gasteiger partial charge in [0.1, 0.15) is 0 Å². The lowest BCUT2D eigenvalue weighted by atomic mass is 10.0. The van der Waals surface area contributed by atoms with Gasteiger partial charge in [-0.15, -0.1) is 0 Å². The van der Waals surface area contributed by atoms with E-state index in [4.69, 9.17) is 0 Å². The van der Waals surface area contributed by atoms with Crippen LogP contribution in [0.5, 0.6) is 0 Å². The average molecular weight is 222 g/mol. The lowest BCUT2D eigenvalue weighted by Crippen LogP contribution is -1.90. The Labute approximate surface area is 99.8 Å². The summed E-state index contributed by atoms with van der Waals surface area (Å²) in [6.45, 7) is 6.49. The molecule has 0 amide bonds. The van der Waals surface area contributed by atoms with Crippen molar-refractivity contribution in [2.75, 3.05) is 0 Å². The second-order valence-electron chi connectivity index (χ2n) is 4.78. The minimum atomic E-state index is 1.18. The Morgan fingerprint density at radius 2 is 1.56 bits per heavy atom. The molecule has 1 aromatic rings. The Kier molecular flexibility index (Phi) is 6.20. The summed E-state index contributed by atoms with van der Waals surface area (Å²) in [5.74, 6) is 0. The molecular weight excluding hydrogens is 196 g/mol. The molecule has 0 fully saturated rings. The molecule has 0 spiro atoms. The van der Waals surface area contributed by atoms with Crippen molar-refractivity contribution in [3.8, 4) is 0 Å². The first-order chi connectivity index (χ1) is 7.75. The van der Waals surface area contributed by atoms with Crippen LogP contribution in [0.1, 0.15) is 68.8 Å². The fourth-order valence-corrected chi connectivity index (χ4v) is 2.20. The molecule has 1 N–H and O–H groups in total. The second kappa shape index (κ2) is 7.48. The fourth-order valence-electron chi connectivity index (χ4n) is 2.20. The van der Waals surface area contributed by atoms with Crippen LogP contribution >= 0.6 is 0 Å². The van der Waals surface area contributed by atoms with Gasteiger partial charge in [-0.3, -0.25) is 5.10 Å². The van der Waals surface area contributed by atoms with Crippen LogP contribution in [-0.2, 0) is 6.42 Å². The van der Waals surface area contributed by atoms with Crippen LogP contribution in [0.3, 0.4) is 0 Å². The zero-order valence-electron chi connectivity index (χ0n) is 11.1. The zero-order chi connectivity index (χ0) is 11.8. The number of aromatic amines is 1. The molecule has 0 aromatic carbocycles. The van der Waals surface area contributed by atoms with Crippen LogP contribution < -0.4 is 0 Å². The molecule has 2 heteroatoms. The largest absolute Gasteiger partial charge is 0.282 e. The van der Waals surface area contributed by atoms with Crippen LogP contribution in [0.4, 0.5) is 0 Å². The maximum absolute atomic E-state index is 4.23. The van der Waals surface area contributed by atoms with Crippen LogP contribution in [0.25, 0.3) is 0 Å². The van der Waals surface area contributed by atoms with E-state index in [9.17, 15) is 0 Å². The third-order valence-electron chi connectivity index (χ3n) is 3.31. The summed E-state index contributed by atoms with van der Waals surface area (Å²) in [6.07, 6.45) is 10.9. The van der Waals surface area contributed by atoms with Crippen molar-refractivity contribution < 1.29 is 0 Å². The van der Waals surface area contributed by atoms with Gasteiger partial charge in [0, 0.05) is 5.69 Å². The molecule has 0 saturated carbocycles. The predicted molar refractivity (Wildman–Crippen MR) is 69.8 cm³/mol. The maximum atomic E-state index is 4.23. The summed E-state index contributed by atoms with van der Waals surface area (Å²) in [5, 5.41) is 7.29. The number of rotatable bonds is 8. The summed E-state index contributed by atoms with van der Waals surface area (Å²) in [6, 6.07) is 0. The number of unbranched alkanes of at least 4 members (excludes halogenated alkanes) is 6. The molecule has 0 unspecified atom stereocenters. The highest BCUT2D eigenvalue weighted by Gasteiger charge is 2.04. The third kappa shape index (κ3) is 4.38. The smallest absolute Gasteiger partial charge is 0.0625 e. The lowest BCUT2D eigenvalue weighted by molar-refractivity contribution is 0.588. The summed E-state index contributed by atoms with van der Waals surface area (Å²) < 4.78 is 0. The number of nitrogens with zero attached hydrogens (tertiary/aromatic N) is 1. The molecule has 0 saturated heterocycles. The first kappa shape index (κ1) is 13.3. The number of H-pyrrole nitrogens is 1. The summed E-state index contributed by atoms with van der Waals surface area (Å²) in [7, 11) is 0. The predicted octanol–water partition coefficient (Wildman–Crippen LogP) is 4.32. The van der Waals surface area contributed by atoms with Crippen molar-refractivity contribution in [1.29, 1.82) is 0 Å². The Balaban J connectivity index is 2.07. The minimum absolute atomic E-state index is 1.18. The van der Waals surface area contributed by atoms with Crippen LogP contribution in [0.2, 0.25) is 0 Å². The SMILES string of the molecule is CCCCCCCCCc1c(C)n[nH]c1C. The monoisotopic (exact) mass is 222 g/mol. The molecule has 0 aliphatic rings. The highest BCUT2D eigenvalue weighted by Crippen LogP contribution is 2.14. The molecule has 2 nitrogen and oxygen atoms in total. The number of hydrogen-bond acceptors (Lipinski definition) is 1. The van der Waals surface area contributed by atoms with Crippen LogP contribution in [-0.4, -0.2) is 10.2 Å². The number of aromatic nitrogens is 2. The van der Waals surface area contributed by atoms with E-state index in [0.29, 0.717) is 0 Å². The van der Waals surface area contributed by atoms with E-state index in [0.717, 1.165) is 0 Å². The van der Waals surface area contributed by atoms with Crippen molar-refractivity contribution in [2.45, 2.75) is 72.1 Å². The van der Waals surface area contributed by atoms with Crippen molar-refractivity contribution >= 4 is 0 Å². The Hall–Kier alpha value is -0.790. The van der Waals surface area contributed by atoms with Crippen LogP contribution in [0, 0.1) is 13.8 Å². The van der Waals surface area contributed by atoms with Gasteiger partial charge in [-0.05, 0) is 32.3 Å². The van der Waals surface area contributed by atoms with Gasteiger partial charge in [0.05, 0.1) is 5.69 Å². The van der Waals surface area contributed by atoms with Gasteiger partial charge in [0.25, 0.3) is 0 Å². The summed E-state index contributed by atoms with van der Waals surface area (Å²) in [4.78, 5) is 0. The Morgan fingerprint density at radius 1 is 0.938 bits per heavy atom. The first-order valence-corrected chi connectivity index (χ1v) is 6.76. The van der Waals surface area contributed by atoms with Gasteiger partial charge in [-0.2, -0.15) is 5.10 Å². The van der Waals surface area contributed by atoms with Gasteiger partial charge < -0.3 is 0 Å². The molecule has 1 heterocycles. The summed E-state index contributed by atoms with van der Waals surface area (Å²) in [5.41, 5.74) is 3.88. The molecule has 0 atom stereocenters. The number of aryl methyl sites for hydroxylation is 2. The van der Waals surface area contributed by atoms with E-state index in [1.807, 2.05) is 0 Å². The Morgan fingerprint density at radius 3 is 2.12 bits per heavy atom. The molecule has 0 bridgehead atoms. The normalized spacial score (nSPS) is 10.9. The molecule has 1 rings (SSSR count). The molecule has 0 aliphatic heterocycles. The topological polar surface area (TPSA) is 28.7 Å². The van der Waals surface area contributed by atoms with E-state index in [1.54, 1.807) is 0 Å². The average Bonchev–Trinajstić information content (AvgIpc) is 2.59. The van der Waals surface area contributed by atoms with Gasteiger partial charge in [0.2, 0.25) is 0 Å². The Bertz CT molecular complexity index is 269. The van der Waals surface area contributed by atoms with E-state index in [-0.39, 0.29) is 0 Å². The van der Waals surface area contributed by atoms with Gasteiger partial charge in [-0.25, -0.2) is 0 Å². The van der Waals surface area contributed by atoms with Gasteiger partial charge in [0.15, 0.2) is 0 Å². The molecule has 16 heavy (non-hydrogen) atoms.